The Balaban J connectivity index is 2.49. The first-order valence-electron chi connectivity index (χ1n) is 7.43. The van der Waals surface area contributed by atoms with Crippen LogP contribution in [0.5, 0.6) is 0 Å². The average molecular weight is 390 g/mol. The molecule has 0 unspecified atom stereocenters. The highest BCUT2D eigenvalue weighted by Gasteiger charge is 2.36. The summed E-state index contributed by atoms with van der Waals surface area (Å²) in [5.41, 5.74) is -0.136. The maximum atomic E-state index is 12.9. The summed E-state index contributed by atoms with van der Waals surface area (Å²) in [6.07, 6.45) is -3.39. The second-order valence-corrected chi connectivity index (χ2v) is 6.96. The highest BCUT2D eigenvalue weighted by atomic mass is 32.1. The maximum absolute atomic E-state index is 12.9. The van der Waals surface area contributed by atoms with Crippen LogP contribution in [0.1, 0.15) is 15.2 Å². The first kappa shape index (κ1) is 19.9. The summed E-state index contributed by atoms with van der Waals surface area (Å²) in [6, 6.07) is 0. The summed E-state index contributed by atoms with van der Waals surface area (Å²) in [5.74, 6) is -1.60. The van der Waals surface area contributed by atoms with Crippen molar-refractivity contribution in [2.45, 2.75) is 13.1 Å². The lowest BCUT2D eigenvalue weighted by atomic mass is 10.2. The predicted octanol–water partition coefficient (Wildman–Crippen LogP) is 1.40. The smallest absolute Gasteiger partial charge is 0.347 e. The lowest BCUT2D eigenvalue weighted by Crippen LogP contribution is -2.44. The summed E-state index contributed by atoms with van der Waals surface area (Å²) in [7, 11) is 4.26. The van der Waals surface area contributed by atoms with E-state index in [-0.39, 0.29) is 20.7 Å². The Morgan fingerprint density at radius 3 is 2.46 bits per heavy atom. The van der Waals surface area contributed by atoms with Crippen molar-refractivity contribution < 1.29 is 22.8 Å². The van der Waals surface area contributed by atoms with Gasteiger partial charge in [-0.2, -0.15) is 13.2 Å². The number of thiophene rings is 1. The Morgan fingerprint density at radius 1 is 1.31 bits per heavy atom. The summed E-state index contributed by atoms with van der Waals surface area (Å²) >= 11 is 0.837. The van der Waals surface area contributed by atoms with Crippen molar-refractivity contribution in [1.29, 1.82) is 0 Å². The minimum Gasteiger partial charge on any atom is -0.347 e. The Morgan fingerprint density at radius 2 is 1.92 bits per heavy atom. The molecule has 0 atom stereocenters. The van der Waals surface area contributed by atoms with E-state index in [9.17, 15) is 27.6 Å². The molecule has 0 saturated heterocycles. The predicted molar refractivity (Wildman–Crippen MR) is 90.3 cm³/mol. The van der Waals surface area contributed by atoms with Crippen LogP contribution in [0.3, 0.4) is 0 Å². The highest BCUT2D eigenvalue weighted by Crippen LogP contribution is 2.29. The molecular formula is C15H17F3N4O3S. The number of halogens is 3. The van der Waals surface area contributed by atoms with Gasteiger partial charge in [0.05, 0.1) is 16.6 Å². The van der Waals surface area contributed by atoms with Gasteiger partial charge in [0, 0.05) is 21.1 Å². The third-order valence-electron chi connectivity index (χ3n) is 3.69. The fourth-order valence-corrected chi connectivity index (χ4v) is 3.38. The molecule has 26 heavy (non-hydrogen) atoms. The zero-order chi connectivity index (χ0) is 19.8. The Labute approximate surface area is 150 Å². The SMILES string of the molecule is Cc1c(C(=O)N(CC(=O)N(C)C)CC(F)(F)F)sc2ncn(C)c(=O)c12. The van der Waals surface area contributed by atoms with Crippen molar-refractivity contribution in [3.63, 3.8) is 0 Å². The number of aromatic nitrogens is 2. The van der Waals surface area contributed by atoms with Crippen molar-refractivity contribution in [1.82, 2.24) is 19.4 Å². The van der Waals surface area contributed by atoms with Crippen LogP contribution in [0.2, 0.25) is 0 Å². The third-order valence-corrected chi connectivity index (χ3v) is 4.87. The van der Waals surface area contributed by atoms with Gasteiger partial charge in [-0.3, -0.25) is 14.4 Å². The molecule has 0 radical (unpaired) electrons. The Hall–Kier alpha value is -2.43. The van der Waals surface area contributed by atoms with E-state index in [2.05, 4.69) is 4.98 Å². The molecule has 2 amide bonds. The normalized spacial score (nSPS) is 11.7. The summed E-state index contributed by atoms with van der Waals surface area (Å²) in [6.45, 7) is -0.802. The first-order valence-corrected chi connectivity index (χ1v) is 8.25. The van der Waals surface area contributed by atoms with E-state index in [0.29, 0.717) is 4.90 Å². The summed E-state index contributed by atoms with van der Waals surface area (Å²) < 4.78 is 39.8. The number of carbonyl (C=O) groups is 2. The van der Waals surface area contributed by atoms with Gasteiger partial charge >= 0.3 is 6.18 Å². The lowest BCUT2D eigenvalue weighted by Gasteiger charge is -2.24. The number of hydrogen-bond donors (Lipinski definition) is 0. The molecule has 2 aromatic rings. The van der Waals surface area contributed by atoms with E-state index in [1.165, 1.54) is 39.0 Å². The molecule has 0 aliphatic heterocycles. The quantitative estimate of drug-likeness (QED) is 0.791. The highest BCUT2D eigenvalue weighted by molar-refractivity contribution is 7.20. The van der Waals surface area contributed by atoms with E-state index < -0.39 is 36.6 Å². The molecule has 0 N–H and O–H groups in total. The van der Waals surface area contributed by atoms with Gasteiger partial charge in [0.2, 0.25) is 5.91 Å². The van der Waals surface area contributed by atoms with Gasteiger partial charge in [0.25, 0.3) is 11.5 Å². The summed E-state index contributed by atoms with van der Waals surface area (Å²) in [5, 5.41) is 0.189. The minimum absolute atomic E-state index is 0.0355. The van der Waals surface area contributed by atoms with Crippen LogP contribution in [-0.4, -0.2) is 64.5 Å². The van der Waals surface area contributed by atoms with Crippen molar-refractivity contribution in [2.75, 3.05) is 27.2 Å². The summed E-state index contributed by atoms with van der Waals surface area (Å²) in [4.78, 5) is 42.6. The molecule has 7 nitrogen and oxygen atoms in total. The van der Waals surface area contributed by atoms with E-state index in [4.69, 9.17) is 0 Å². The molecule has 0 spiro atoms. The first-order chi connectivity index (χ1) is 11.9. The van der Waals surface area contributed by atoms with Crippen LogP contribution in [-0.2, 0) is 11.8 Å². The second-order valence-electron chi connectivity index (χ2n) is 5.96. The van der Waals surface area contributed by atoms with Crippen molar-refractivity contribution in [3.8, 4) is 0 Å². The maximum Gasteiger partial charge on any atom is 0.406 e. The lowest BCUT2D eigenvalue weighted by molar-refractivity contribution is -0.146. The molecule has 0 aliphatic rings. The van der Waals surface area contributed by atoms with E-state index in [1.54, 1.807) is 0 Å². The van der Waals surface area contributed by atoms with Crippen molar-refractivity contribution in [3.05, 3.63) is 27.1 Å². The molecule has 0 aliphatic carbocycles. The second kappa shape index (κ2) is 7.06. The van der Waals surface area contributed by atoms with Gasteiger partial charge in [0.1, 0.15) is 17.9 Å². The number of alkyl halides is 3. The Bertz CT molecular complexity index is 917. The number of amides is 2. The molecule has 2 heterocycles. The molecule has 142 valence electrons. The van der Waals surface area contributed by atoms with Gasteiger partial charge in [-0.25, -0.2) is 4.98 Å². The van der Waals surface area contributed by atoms with Crippen LogP contribution < -0.4 is 5.56 Å². The fraction of sp³-hybridized carbons (Fsp3) is 0.467. The zero-order valence-corrected chi connectivity index (χ0v) is 15.4. The third kappa shape index (κ3) is 4.03. The van der Waals surface area contributed by atoms with Crippen molar-refractivity contribution >= 4 is 33.4 Å². The van der Waals surface area contributed by atoms with Gasteiger partial charge in [-0.1, -0.05) is 0 Å². The number of rotatable bonds is 4. The average Bonchev–Trinajstić information content (AvgIpc) is 2.85. The molecule has 0 saturated carbocycles. The number of nitrogens with zero attached hydrogens (tertiary/aromatic N) is 4. The van der Waals surface area contributed by atoms with Crippen LogP contribution in [0.4, 0.5) is 13.2 Å². The topological polar surface area (TPSA) is 75.5 Å². The van der Waals surface area contributed by atoms with Crippen LogP contribution >= 0.6 is 11.3 Å². The number of likely N-dealkylation sites (N-methyl/N-ethyl adjacent to an activating group) is 1. The monoisotopic (exact) mass is 390 g/mol. The number of fused-ring (bicyclic) bond motifs is 1. The molecule has 2 aromatic heterocycles. The van der Waals surface area contributed by atoms with Crippen LogP contribution in [0, 0.1) is 6.92 Å². The van der Waals surface area contributed by atoms with Crippen LogP contribution in [0.15, 0.2) is 11.1 Å². The number of aryl methyl sites for hydroxylation is 2. The van der Waals surface area contributed by atoms with Gasteiger partial charge in [0.15, 0.2) is 0 Å². The number of carbonyl (C=O) groups excluding carboxylic acids is 2. The molecule has 0 bridgehead atoms. The molecular weight excluding hydrogens is 373 g/mol. The molecule has 11 heteroatoms. The van der Waals surface area contributed by atoms with Crippen LogP contribution in [0.25, 0.3) is 10.2 Å². The minimum atomic E-state index is -4.67. The van der Waals surface area contributed by atoms with E-state index >= 15 is 0 Å². The fourth-order valence-electron chi connectivity index (χ4n) is 2.28. The van der Waals surface area contributed by atoms with Crippen molar-refractivity contribution in [2.24, 2.45) is 7.05 Å². The van der Waals surface area contributed by atoms with Gasteiger partial charge in [-0.05, 0) is 12.5 Å². The number of hydrogen-bond acceptors (Lipinski definition) is 5. The van der Waals surface area contributed by atoms with E-state index in [0.717, 1.165) is 16.2 Å². The van der Waals surface area contributed by atoms with Gasteiger partial charge in [-0.15, -0.1) is 11.3 Å². The molecule has 0 fully saturated rings. The molecule has 2 rings (SSSR count). The van der Waals surface area contributed by atoms with E-state index in [1.807, 2.05) is 0 Å². The zero-order valence-electron chi connectivity index (χ0n) is 14.5. The van der Waals surface area contributed by atoms with Gasteiger partial charge < -0.3 is 14.4 Å². The molecule has 0 aromatic carbocycles. The Kier molecular flexibility index (Phi) is 5.40. The standard InChI is InChI=1S/C15H17F3N4O3S/c1-8-10-12(19-7-21(4)13(10)24)26-11(8)14(25)22(6-15(16,17)18)5-9(23)20(2)3/h7H,5-6H2,1-4H3. The largest absolute Gasteiger partial charge is 0.406 e.